The topological polar surface area (TPSA) is 69.0 Å². The number of esters is 1. The number of carbonyl (C=O) groups excluding carboxylic acids is 1. The van der Waals surface area contributed by atoms with Crippen molar-refractivity contribution in [3.05, 3.63) is 40.9 Å². The zero-order valence-electron chi connectivity index (χ0n) is 14.9. The molecule has 3 rings (SSSR count). The van der Waals surface area contributed by atoms with E-state index >= 15 is 0 Å². The quantitative estimate of drug-likeness (QED) is 0.567. The van der Waals surface area contributed by atoms with Crippen LogP contribution in [0.1, 0.15) is 61.0 Å². The van der Waals surface area contributed by atoms with Crippen molar-refractivity contribution >= 4 is 23.3 Å². The normalized spacial score (nSPS) is 19.9. The molecule has 1 aliphatic rings. The number of hydrogen-bond donors (Lipinski definition) is 1. The van der Waals surface area contributed by atoms with E-state index in [1.54, 1.807) is 13.0 Å². The third-order valence-electron chi connectivity index (χ3n) is 4.75. The minimum Gasteiger partial charge on any atom is -0.462 e. The summed E-state index contributed by atoms with van der Waals surface area (Å²) in [6.07, 6.45) is 7.73. The number of ether oxygens (including phenoxy) is 1. The first-order chi connectivity index (χ1) is 13.0. The minimum absolute atomic E-state index is 0.151. The van der Waals surface area contributed by atoms with Crippen LogP contribution in [0.3, 0.4) is 0 Å². The van der Waals surface area contributed by atoms with Gasteiger partial charge in [0.05, 0.1) is 18.5 Å². The summed E-state index contributed by atoms with van der Waals surface area (Å²) < 4.78 is 31.1. The maximum Gasteiger partial charge on any atom is 0.341 e. The van der Waals surface area contributed by atoms with Gasteiger partial charge in [0.15, 0.2) is 0 Å². The molecular formula is C18H21ClF2N4O2. The summed E-state index contributed by atoms with van der Waals surface area (Å²) in [5, 5.41) is 7.36. The summed E-state index contributed by atoms with van der Waals surface area (Å²) in [6.45, 7) is -0.598. The van der Waals surface area contributed by atoms with Gasteiger partial charge in [0.1, 0.15) is 10.7 Å². The van der Waals surface area contributed by atoms with Crippen LogP contribution < -0.4 is 5.32 Å². The van der Waals surface area contributed by atoms with Crippen molar-refractivity contribution in [2.45, 2.75) is 51.1 Å². The molecule has 146 valence electrons. The first-order valence-corrected chi connectivity index (χ1v) is 9.27. The van der Waals surface area contributed by atoms with Gasteiger partial charge in [-0.2, -0.15) is 13.9 Å². The Labute approximate surface area is 160 Å². The smallest absolute Gasteiger partial charge is 0.341 e. The lowest BCUT2D eigenvalue weighted by Gasteiger charge is -2.29. The summed E-state index contributed by atoms with van der Waals surface area (Å²) in [4.78, 5) is 16.1. The van der Waals surface area contributed by atoms with Gasteiger partial charge < -0.3 is 10.1 Å². The summed E-state index contributed by atoms with van der Waals surface area (Å²) in [5.41, 5.74) is 1.79. The Kier molecular flexibility index (Phi) is 6.26. The molecule has 0 amide bonds. The van der Waals surface area contributed by atoms with Gasteiger partial charge in [0.2, 0.25) is 0 Å². The third-order valence-corrected chi connectivity index (χ3v) is 4.95. The maximum atomic E-state index is 12.7. The standard InChI is InChI=1S/C18H21ClF2N4O2/c1-2-27-17(26)14-9-22-16(19)7-15(14)24-13-5-3-11(4-6-13)12-8-23-25(10-12)18(20)21/h7-11,13,18H,2-6H2,1H3,(H,22,24). The highest BCUT2D eigenvalue weighted by Crippen LogP contribution is 2.35. The highest BCUT2D eigenvalue weighted by Gasteiger charge is 2.25. The number of alkyl halides is 2. The van der Waals surface area contributed by atoms with Crippen molar-refractivity contribution in [1.29, 1.82) is 0 Å². The van der Waals surface area contributed by atoms with Crippen LogP contribution >= 0.6 is 11.6 Å². The maximum absolute atomic E-state index is 12.7. The highest BCUT2D eigenvalue weighted by molar-refractivity contribution is 6.29. The van der Waals surface area contributed by atoms with Crippen LogP contribution in [0.5, 0.6) is 0 Å². The number of rotatable bonds is 6. The second kappa shape index (κ2) is 8.65. The van der Waals surface area contributed by atoms with Crippen LogP contribution in [0.15, 0.2) is 24.7 Å². The second-order valence-corrected chi connectivity index (χ2v) is 6.88. The summed E-state index contributed by atoms with van der Waals surface area (Å²) >= 11 is 5.97. The van der Waals surface area contributed by atoms with Gasteiger partial charge in [0.25, 0.3) is 0 Å². The molecule has 1 fully saturated rings. The Bertz CT molecular complexity index is 791. The number of carbonyl (C=O) groups is 1. The van der Waals surface area contributed by atoms with Crippen LogP contribution in [-0.4, -0.2) is 33.4 Å². The fraction of sp³-hybridized carbons (Fsp3) is 0.500. The predicted octanol–water partition coefficient (Wildman–Crippen LogP) is 4.64. The number of pyridine rings is 1. The molecule has 0 bridgehead atoms. The highest BCUT2D eigenvalue weighted by atomic mass is 35.5. The molecule has 2 aromatic rings. The number of nitrogens with one attached hydrogen (secondary N) is 1. The van der Waals surface area contributed by atoms with E-state index in [0.717, 1.165) is 31.2 Å². The van der Waals surface area contributed by atoms with Crippen LogP contribution in [0, 0.1) is 0 Å². The molecule has 1 aliphatic carbocycles. The second-order valence-electron chi connectivity index (χ2n) is 6.50. The van der Waals surface area contributed by atoms with Crippen molar-refractivity contribution in [2.24, 2.45) is 0 Å². The van der Waals surface area contributed by atoms with Crippen molar-refractivity contribution in [3.8, 4) is 0 Å². The molecule has 1 saturated carbocycles. The zero-order chi connectivity index (χ0) is 19.4. The molecule has 0 aliphatic heterocycles. The number of halogens is 3. The van der Waals surface area contributed by atoms with E-state index in [1.165, 1.54) is 18.6 Å². The van der Waals surface area contributed by atoms with Crippen molar-refractivity contribution in [1.82, 2.24) is 14.8 Å². The van der Waals surface area contributed by atoms with Gasteiger partial charge in [-0.25, -0.2) is 14.5 Å². The van der Waals surface area contributed by atoms with Gasteiger partial charge in [-0.3, -0.25) is 0 Å². The Morgan fingerprint density at radius 2 is 2.11 bits per heavy atom. The Morgan fingerprint density at radius 1 is 1.37 bits per heavy atom. The zero-order valence-corrected chi connectivity index (χ0v) is 15.6. The van der Waals surface area contributed by atoms with Crippen LogP contribution in [0.4, 0.5) is 14.5 Å². The van der Waals surface area contributed by atoms with Crippen molar-refractivity contribution in [3.63, 3.8) is 0 Å². The molecule has 0 saturated heterocycles. The number of nitrogens with zero attached hydrogens (tertiary/aromatic N) is 3. The Morgan fingerprint density at radius 3 is 2.74 bits per heavy atom. The van der Waals surface area contributed by atoms with Gasteiger partial charge in [-0.1, -0.05) is 11.6 Å². The lowest BCUT2D eigenvalue weighted by atomic mass is 9.83. The SMILES string of the molecule is CCOC(=O)c1cnc(Cl)cc1NC1CCC(c2cnn(C(F)F)c2)CC1. The fourth-order valence-corrected chi connectivity index (χ4v) is 3.54. The number of hydrogen-bond acceptors (Lipinski definition) is 5. The molecule has 0 aromatic carbocycles. The molecule has 2 heterocycles. The number of anilines is 1. The van der Waals surface area contributed by atoms with E-state index < -0.39 is 12.5 Å². The monoisotopic (exact) mass is 398 g/mol. The van der Waals surface area contributed by atoms with Crippen molar-refractivity contribution in [2.75, 3.05) is 11.9 Å². The average Bonchev–Trinajstić information content (AvgIpc) is 3.13. The molecular weight excluding hydrogens is 378 g/mol. The lowest BCUT2D eigenvalue weighted by molar-refractivity contribution is 0.0526. The van der Waals surface area contributed by atoms with Gasteiger partial charge in [-0.05, 0) is 50.2 Å². The van der Waals surface area contributed by atoms with Crippen LogP contribution in [-0.2, 0) is 4.74 Å². The summed E-state index contributed by atoms with van der Waals surface area (Å²) in [6, 6.07) is 1.77. The Balaban J connectivity index is 1.63. The van der Waals surface area contributed by atoms with E-state index in [9.17, 15) is 13.6 Å². The first-order valence-electron chi connectivity index (χ1n) is 8.89. The van der Waals surface area contributed by atoms with Gasteiger partial charge >= 0.3 is 12.5 Å². The molecule has 2 aromatic heterocycles. The molecule has 6 nitrogen and oxygen atoms in total. The fourth-order valence-electron chi connectivity index (χ4n) is 3.38. The Hall–Kier alpha value is -2.22. The van der Waals surface area contributed by atoms with E-state index in [4.69, 9.17) is 16.3 Å². The molecule has 1 N–H and O–H groups in total. The molecule has 9 heteroatoms. The molecule has 0 radical (unpaired) electrons. The summed E-state index contributed by atoms with van der Waals surface area (Å²) in [5.74, 6) is -0.238. The van der Waals surface area contributed by atoms with E-state index in [0.29, 0.717) is 21.1 Å². The van der Waals surface area contributed by atoms with Gasteiger partial charge in [0, 0.05) is 18.4 Å². The van der Waals surface area contributed by atoms with E-state index in [2.05, 4.69) is 15.4 Å². The van der Waals surface area contributed by atoms with Gasteiger partial charge in [-0.15, -0.1) is 0 Å². The largest absolute Gasteiger partial charge is 0.462 e. The van der Waals surface area contributed by atoms with Crippen molar-refractivity contribution < 1.29 is 18.3 Å². The van der Waals surface area contributed by atoms with E-state index in [-0.39, 0.29) is 18.6 Å². The molecule has 0 spiro atoms. The lowest BCUT2D eigenvalue weighted by Crippen LogP contribution is -2.26. The van der Waals surface area contributed by atoms with Crippen LogP contribution in [0.25, 0.3) is 0 Å². The van der Waals surface area contributed by atoms with E-state index in [1.807, 2.05) is 0 Å². The average molecular weight is 399 g/mol. The summed E-state index contributed by atoms with van der Waals surface area (Å²) in [7, 11) is 0. The first kappa shape index (κ1) is 19.5. The minimum atomic E-state index is -2.62. The molecule has 0 unspecified atom stereocenters. The number of aromatic nitrogens is 3. The van der Waals surface area contributed by atoms with Crippen LogP contribution in [0.2, 0.25) is 5.15 Å². The molecule has 0 atom stereocenters. The molecule has 27 heavy (non-hydrogen) atoms. The third kappa shape index (κ3) is 4.74. The predicted molar refractivity (Wildman–Crippen MR) is 97.3 cm³/mol.